The monoisotopic (exact) mass is 992 g/mol. The average molecular weight is 994 g/mol. The number of aromatic nitrogens is 1. The second kappa shape index (κ2) is 21.5. The molecule has 4 aromatic rings. The van der Waals surface area contributed by atoms with Crippen molar-refractivity contribution in [2.75, 3.05) is 45.8 Å². The van der Waals surface area contributed by atoms with Gasteiger partial charge >= 0.3 is 0 Å². The Morgan fingerprint density at radius 1 is 0.957 bits per heavy atom. The number of aliphatic hydroxyl groups excluding tert-OH is 1. The minimum absolute atomic E-state index is 0.0109. The van der Waals surface area contributed by atoms with Crippen LogP contribution >= 0.6 is 22.9 Å². The molecule has 1 unspecified atom stereocenters. The van der Waals surface area contributed by atoms with Crippen molar-refractivity contribution < 1.29 is 29.0 Å². The lowest BCUT2D eigenvalue weighted by Gasteiger charge is -2.63. The van der Waals surface area contributed by atoms with E-state index < -0.39 is 23.6 Å². The first-order valence-electron chi connectivity index (χ1n) is 24.4. The van der Waals surface area contributed by atoms with Gasteiger partial charge in [0.1, 0.15) is 30.0 Å². The number of carbonyl (C=O) groups is 4. The zero-order valence-corrected chi connectivity index (χ0v) is 43.5. The third-order valence-electron chi connectivity index (χ3n) is 14.5. The number of ether oxygens (including phenoxy) is 1. The summed E-state index contributed by atoms with van der Waals surface area (Å²) in [7, 11) is 0. The number of β-amino-alcohol motifs (C(OH)–C–C–N with tert-alkyl or cyclic N) is 1. The molecule has 1 aliphatic carbocycles. The molecular formula is C54H69ClN8O6S. The number of aliphatic hydroxyl groups is 1. The number of thiazole rings is 1. The van der Waals surface area contributed by atoms with Crippen LogP contribution in [0.2, 0.25) is 5.02 Å². The SMILES string of the molecule is Cc1ncsc1-c1ccc([C@H](C)NC(=O)[C@@H]2C[C@@H](O)CN2C(=O)C(NC(=O)CN2CCN(CCCc3ccc(C(=O)NC4C(C)(C)C(Oc5ccc(C#N)c(Cl)c5)C4(C)C)cc3)CC2)C(C)(C)C)cc1. The quantitative estimate of drug-likeness (QED) is 0.0899. The Morgan fingerprint density at radius 2 is 1.61 bits per heavy atom. The van der Waals surface area contributed by atoms with Crippen molar-refractivity contribution in [2.45, 2.75) is 118 Å². The molecule has 16 heteroatoms. The third-order valence-corrected chi connectivity index (χ3v) is 15.8. The van der Waals surface area contributed by atoms with Crippen LogP contribution in [-0.4, -0.2) is 125 Å². The first kappa shape index (κ1) is 52.5. The highest BCUT2D eigenvalue weighted by atomic mass is 35.5. The summed E-state index contributed by atoms with van der Waals surface area (Å²) in [5.41, 5.74) is 5.53. The van der Waals surface area contributed by atoms with Gasteiger partial charge in [-0.1, -0.05) is 96.5 Å². The van der Waals surface area contributed by atoms with Crippen molar-refractivity contribution in [3.8, 4) is 22.3 Å². The van der Waals surface area contributed by atoms with Crippen LogP contribution < -0.4 is 20.7 Å². The van der Waals surface area contributed by atoms with E-state index in [0.717, 1.165) is 59.7 Å². The summed E-state index contributed by atoms with van der Waals surface area (Å²) in [5, 5.41) is 29.6. The van der Waals surface area contributed by atoms with Crippen LogP contribution in [0, 0.1) is 34.5 Å². The maximum atomic E-state index is 14.2. The number of piperazine rings is 1. The van der Waals surface area contributed by atoms with Crippen LogP contribution in [0.5, 0.6) is 5.75 Å². The lowest BCUT2D eigenvalue weighted by Crippen LogP contribution is -2.74. The fourth-order valence-corrected chi connectivity index (χ4v) is 11.8. The third kappa shape index (κ3) is 11.9. The number of likely N-dealkylation sites (tertiary alicyclic amines) is 1. The Bertz CT molecular complexity index is 2550. The second-order valence-corrected chi connectivity index (χ2v) is 22.9. The summed E-state index contributed by atoms with van der Waals surface area (Å²) < 4.78 is 6.38. The predicted octanol–water partition coefficient (Wildman–Crippen LogP) is 7.18. The van der Waals surface area contributed by atoms with E-state index in [1.54, 1.807) is 29.5 Å². The molecule has 0 spiro atoms. The van der Waals surface area contributed by atoms with Gasteiger partial charge in [0, 0.05) is 67.6 Å². The number of aryl methyl sites for hydroxylation is 2. The number of benzene rings is 3. The molecule has 3 aromatic carbocycles. The number of nitrogens with one attached hydrogen (secondary N) is 3. The molecule has 7 rings (SSSR count). The van der Waals surface area contributed by atoms with E-state index in [1.165, 1.54) is 4.90 Å². The van der Waals surface area contributed by atoms with Crippen LogP contribution in [-0.2, 0) is 20.8 Å². The van der Waals surface area contributed by atoms with Crippen molar-refractivity contribution in [3.05, 3.63) is 105 Å². The summed E-state index contributed by atoms with van der Waals surface area (Å²) in [5.74, 6) is -0.521. The molecule has 4 N–H and O–H groups in total. The standard InChI is InChI=1S/C54H69ClN8O6S/c1-33(36-16-18-37(19-17-36)45-34(2)57-32-70-45)58-48(67)43-27-40(64)30-63(43)49(68)46(52(3,4)5)59-44(65)31-62-25-23-61(24-26-62)22-10-11-35-12-14-38(15-13-35)47(66)60-50-53(6,7)51(54(50,8)9)69-41-21-20-39(29-56)42(55)28-41/h12-21,28,32-33,40,43,46,50-51,64H,10-11,22-27,30-31H2,1-9H3,(H,58,67)(H,59,65)(H,60,66)/t33-,40+,43-,46?,50?,51?/m0/s1. The molecule has 70 heavy (non-hydrogen) atoms. The van der Waals surface area contributed by atoms with E-state index in [9.17, 15) is 29.5 Å². The molecule has 1 aromatic heterocycles. The van der Waals surface area contributed by atoms with Gasteiger partial charge in [-0.15, -0.1) is 11.3 Å². The van der Waals surface area contributed by atoms with E-state index in [0.29, 0.717) is 35.0 Å². The van der Waals surface area contributed by atoms with E-state index in [4.69, 9.17) is 16.3 Å². The Kier molecular flexibility index (Phi) is 16.1. The highest BCUT2D eigenvalue weighted by molar-refractivity contribution is 7.13. The molecule has 3 aliphatic rings. The molecule has 1 saturated carbocycles. The van der Waals surface area contributed by atoms with E-state index in [-0.39, 0.29) is 72.2 Å². The molecule has 14 nitrogen and oxygen atoms in total. The van der Waals surface area contributed by atoms with Gasteiger partial charge in [0.2, 0.25) is 17.7 Å². The summed E-state index contributed by atoms with van der Waals surface area (Å²) in [6.45, 7) is 22.0. The first-order chi connectivity index (χ1) is 33.1. The van der Waals surface area contributed by atoms with Gasteiger partial charge in [0.25, 0.3) is 5.91 Å². The first-order valence-corrected chi connectivity index (χ1v) is 25.6. The molecular weight excluding hydrogens is 924 g/mol. The topological polar surface area (TPSA) is 180 Å². The zero-order valence-electron chi connectivity index (χ0n) is 42.0. The Morgan fingerprint density at radius 3 is 2.21 bits per heavy atom. The fraction of sp³-hybridized carbons (Fsp3) is 0.519. The zero-order chi connectivity index (χ0) is 50.7. The van der Waals surface area contributed by atoms with Gasteiger partial charge in [-0.2, -0.15) is 5.26 Å². The number of halogens is 1. The Balaban J connectivity index is 0.833. The maximum absolute atomic E-state index is 14.2. The molecule has 374 valence electrons. The fourth-order valence-electron chi connectivity index (χ4n) is 10.7. The Hall–Kier alpha value is -5.37. The molecule has 3 fully saturated rings. The van der Waals surface area contributed by atoms with Crippen molar-refractivity contribution >= 4 is 46.6 Å². The van der Waals surface area contributed by atoms with Crippen LogP contribution in [0.15, 0.2) is 72.2 Å². The molecule has 4 amide bonds. The highest BCUT2D eigenvalue weighted by Crippen LogP contribution is 2.55. The van der Waals surface area contributed by atoms with Crippen molar-refractivity contribution in [1.82, 2.24) is 35.6 Å². The number of hydrogen-bond donors (Lipinski definition) is 4. The lowest BCUT2D eigenvalue weighted by atomic mass is 9.49. The number of rotatable bonds is 16. The van der Waals surface area contributed by atoms with E-state index in [1.807, 2.05) is 88.7 Å². The second-order valence-electron chi connectivity index (χ2n) is 21.6. The molecule has 0 radical (unpaired) electrons. The van der Waals surface area contributed by atoms with Gasteiger partial charge < -0.3 is 35.6 Å². The Labute approximate surface area is 422 Å². The summed E-state index contributed by atoms with van der Waals surface area (Å²) in [4.78, 5) is 66.4. The maximum Gasteiger partial charge on any atom is 0.251 e. The molecule has 2 aliphatic heterocycles. The number of hydrogen-bond acceptors (Lipinski definition) is 11. The van der Waals surface area contributed by atoms with Crippen LogP contribution in [0.3, 0.4) is 0 Å². The van der Waals surface area contributed by atoms with Crippen molar-refractivity contribution in [2.24, 2.45) is 16.2 Å². The minimum atomic E-state index is -0.900. The molecule has 0 bridgehead atoms. The predicted molar refractivity (Wildman–Crippen MR) is 273 cm³/mol. The van der Waals surface area contributed by atoms with Gasteiger partial charge in [0.05, 0.1) is 45.4 Å². The van der Waals surface area contributed by atoms with Crippen molar-refractivity contribution in [1.29, 1.82) is 5.26 Å². The summed E-state index contributed by atoms with van der Waals surface area (Å²) >= 11 is 7.84. The van der Waals surface area contributed by atoms with Gasteiger partial charge in [-0.05, 0) is 79.6 Å². The van der Waals surface area contributed by atoms with Crippen LogP contribution in [0.25, 0.3) is 10.4 Å². The number of nitrogens with zero attached hydrogens (tertiary/aromatic N) is 5. The number of nitriles is 1. The van der Waals surface area contributed by atoms with E-state index >= 15 is 0 Å². The van der Waals surface area contributed by atoms with Gasteiger partial charge in [0.15, 0.2) is 0 Å². The smallest absolute Gasteiger partial charge is 0.251 e. The molecule has 4 atom stereocenters. The highest BCUT2D eigenvalue weighted by Gasteiger charge is 2.64. The number of carbonyl (C=O) groups excluding carboxylic acids is 4. The average Bonchev–Trinajstić information content (AvgIpc) is 3.94. The largest absolute Gasteiger partial charge is 0.489 e. The van der Waals surface area contributed by atoms with Crippen molar-refractivity contribution in [3.63, 3.8) is 0 Å². The van der Waals surface area contributed by atoms with Crippen LogP contribution in [0.4, 0.5) is 0 Å². The normalized spacial score (nSPS) is 22.0. The molecule has 2 saturated heterocycles. The number of amides is 4. The van der Waals surface area contributed by atoms with Gasteiger partial charge in [-0.25, -0.2) is 4.98 Å². The van der Waals surface area contributed by atoms with E-state index in [2.05, 4.69) is 64.5 Å². The minimum Gasteiger partial charge on any atom is -0.489 e. The van der Waals surface area contributed by atoms with Crippen LogP contribution in [0.1, 0.15) is 107 Å². The van der Waals surface area contributed by atoms with Gasteiger partial charge in [-0.3, -0.25) is 24.1 Å². The summed E-state index contributed by atoms with van der Waals surface area (Å²) in [6.07, 6.45) is 0.878. The molecule has 3 heterocycles. The lowest BCUT2D eigenvalue weighted by molar-refractivity contribution is -0.164. The summed E-state index contributed by atoms with van der Waals surface area (Å²) in [6, 6.07) is 20.7.